The topological polar surface area (TPSA) is 12.0 Å². The Hall–Kier alpha value is -0.570. The Bertz CT molecular complexity index is 325. The number of hydrogen-bond donors (Lipinski definition) is 1. The van der Waals surface area contributed by atoms with Gasteiger partial charge < -0.3 is 5.32 Å². The van der Waals surface area contributed by atoms with Gasteiger partial charge in [0.2, 0.25) is 0 Å². The summed E-state index contributed by atoms with van der Waals surface area (Å²) in [6, 6.07) is 5.93. The number of fused-ring (bicyclic) bond motifs is 1. The first kappa shape index (κ1) is 9.00. The summed E-state index contributed by atoms with van der Waals surface area (Å²) >= 11 is 3.44. The molecule has 0 saturated carbocycles. The Morgan fingerprint density at radius 3 is 3.00 bits per heavy atom. The number of hydrogen-bond acceptors (Lipinski definition) is 1. The van der Waals surface area contributed by atoms with Crippen LogP contribution in [0.2, 0.25) is 0 Å². The van der Waals surface area contributed by atoms with Gasteiger partial charge in [0.25, 0.3) is 0 Å². The van der Waals surface area contributed by atoms with Crippen molar-refractivity contribution >= 4 is 21.6 Å². The largest absolute Gasteiger partial charge is 0.378 e. The molecule has 0 radical (unpaired) electrons. The van der Waals surface area contributed by atoms with Gasteiger partial charge in [-0.05, 0) is 40.9 Å². The van der Waals surface area contributed by atoms with Gasteiger partial charge in [0.15, 0.2) is 0 Å². The van der Waals surface area contributed by atoms with Gasteiger partial charge in [0.05, 0.1) is 11.7 Å². The normalized spacial score (nSPS) is 22.2. The second kappa shape index (κ2) is 3.29. The van der Waals surface area contributed by atoms with E-state index in [0.29, 0.717) is 0 Å². The molecule has 13 heavy (non-hydrogen) atoms. The molecule has 2 unspecified atom stereocenters. The smallest absolute Gasteiger partial charge is 0.118 e. The van der Waals surface area contributed by atoms with Gasteiger partial charge >= 0.3 is 0 Å². The van der Waals surface area contributed by atoms with Crippen LogP contribution in [-0.4, -0.2) is 12.2 Å². The lowest BCUT2D eigenvalue weighted by Crippen LogP contribution is -2.25. The zero-order valence-corrected chi connectivity index (χ0v) is 8.94. The van der Waals surface area contributed by atoms with Crippen molar-refractivity contribution < 1.29 is 4.39 Å². The van der Waals surface area contributed by atoms with Gasteiger partial charge in [-0.1, -0.05) is 12.1 Å². The van der Waals surface area contributed by atoms with Gasteiger partial charge in [0, 0.05) is 4.47 Å². The molecule has 2 rings (SSSR count). The molecule has 0 saturated heterocycles. The van der Waals surface area contributed by atoms with Gasteiger partial charge in [-0.15, -0.1) is 0 Å². The van der Waals surface area contributed by atoms with E-state index in [2.05, 4.69) is 21.2 Å². The maximum Gasteiger partial charge on any atom is 0.118 e. The summed E-state index contributed by atoms with van der Waals surface area (Å²) in [6.07, 6.45) is -0.0220. The summed E-state index contributed by atoms with van der Waals surface area (Å²) < 4.78 is 14.0. The Morgan fingerprint density at radius 1 is 1.62 bits per heavy atom. The summed E-state index contributed by atoms with van der Waals surface area (Å²) in [5.74, 6) is 0. The minimum atomic E-state index is -0.806. The van der Waals surface area contributed by atoms with Crippen molar-refractivity contribution in [3.05, 3.63) is 28.2 Å². The number of halogens is 2. The second-order valence-electron chi connectivity index (χ2n) is 3.41. The quantitative estimate of drug-likeness (QED) is 0.800. The molecular formula is C10H11BrFN. The van der Waals surface area contributed by atoms with Crippen LogP contribution in [0.15, 0.2) is 22.7 Å². The van der Waals surface area contributed by atoms with Crippen LogP contribution in [0.1, 0.15) is 12.5 Å². The number of benzene rings is 1. The van der Waals surface area contributed by atoms with Crippen LogP contribution < -0.4 is 5.32 Å². The summed E-state index contributed by atoms with van der Waals surface area (Å²) in [5.41, 5.74) is 2.25. The zero-order valence-electron chi connectivity index (χ0n) is 7.35. The van der Waals surface area contributed by atoms with Crippen molar-refractivity contribution in [3.8, 4) is 0 Å². The van der Waals surface area contributed by atoms with Crippen molar-refractivity contribution in [1.29, 1.82) is 0 Å². The lowest BCUT2D eigenvalue weighted by molar-refractivity contribution is 0.322. The molecule has 1 nitrogen and oxygen atoms in total. The van der Waals surface area contributed by atoms with E-state index in [1.165, 1.54) is 5.56 Å². The Balaban J connectivity index is 2.30. The molecule has 1 N–H and O–H groups in total. The molecule has 1 aromatic rings. The maximum absolute atomic E-state index is 13.0. The van der Waals surface area contributed by atoms with Crippen molar-refractivity contribution in [1.82, 2.24) is 0 Å². The monoisotopic (exact) mass is 243 g/mol. The van der Waals surface area contributed by atoms with Crippen LogP contribution in [0.3, 0.4) is 0 Å². The number of rotatable bonds is 1. The molecule has 1 aliphatic rings. The highest BCUT2D eigenvalue weighted by molar-refractivity contribution is 9.10. The summed E-state index contributed by atoms with van der Waals surface area (Å²) in [7, 11) is 0. The Kier molecular flexibility index (Phi) is 2.28. The lowest BCUT2D eigenvalue weighted by atomic mass is 10.1. The average molecular weight is 244 g/mol. The number of alkyl halides is 1. The highest BCUT2D eigenvalue weighted by Gasteiger charge is 2.26. The van der Waals surface area contributed by atoms with E-state index in [1.807, 2.05) is 18.2 Å². The number of para-hydroxylation sites is 1. The molecule has 0 aliphatic carbocycles. The third-order valence-corrected chi connectivity index (χ3v) is 3.08. The zero-order chi connectivity index (χ0) is 9.42. The predicted octanol–water partition coefficient (Wildman–Crippen LogP) is 3.14. The van der Waals surface area contributed by atoms with Gasteiger partial charge in [0.1, 0.15) is 6.17 Å². The molecule has 1 heterocycles. The summed E-state index contributed by atoms with van der Waals surface area (Å²) in [4.78, 5) is 0. The van der Waals surface area contributed by atoms with Crippen molar-refractivity contribution in [2.24, 2.45) is 0 Å². The first-order valence-corrected chi connectivity index (χ1v) is 5.16. The number of anilines is 1. The molecule has 0 fully saturated rings. The first-order valence-electron chi connectivity index (χ1n) is 4.36. The van der Waals surface area contributed by atoms with Crippen molar-refractivity contribution in [2.75, 3.05) is 5.32 Å². The average Bonchev–Trinajstić information content (AvgIpc) is 2.49. The van der Waals surface area contributed by atoms with Crippen LogP contribution in [-0.2, 0) is 6.42 Å². The second-order valence-corrected chi connectivity index (χ2v) is 4.26. The van der Waals surface area contributed by atoms with E-state index >= 15 is 0 Å². The van der Waals surface area contributed by atoms with E-state index < -0.39 is 6.17 Å². The molecule has 0 bridgehead atoms. The predicted molar refractivity (Wildman–Crippen MR) is 55.8 cm³/mol. The maximum atomic E-state index is 13.0. The first-order chi connectivity index (χ1) is 6.18. The van der Waals surface area contributed by atoms with Crippen molar-refractivity contribution in [2.45, 2.75) is 25.6 Å². The van der Waals surface area contributed by atoms with Crippen LogP contribution in [0.4, 0.5) is 10.1 Å². The van der Waals surface area contributed by atoms with Crippen LogP contribution in [0.25, 0.3) is 0 Å². The van der Waals surface area contributed by atoms with E-state index in [-0.39, 0.29) is 6.04 Å². The lowest BCUT2D eigenvalue weighted by Gasteiger charge is -2.12. The third-order valence-electron chi connectivity index (χ3n) is 2.42. The summed E-state index contributed by atoms with van der Waals surface area (Å²) in [5, 5.41) is 3.18. The molecule has 3 heteroatoms. The minimum Gasteiger partial charge on any atom is -0.378 e. The van der Waals surface area contributed by atoms with Crippen LogP contribution in [0.5, 0.6) is 0 Å². The summed E-state index contributed by atoms with van der Waals surface area (Å²) in [6.45, 7) is 1.59. The molecule has 0 amide bonds. The van der Waals surface area contributed by atoms with Gasteiger partial charge in [-0.2, -0.15) is 0 Å². The molecule has 1 aliphatic heterocycles. The fourth-order valence-corrected chi connectivity index (χ4v) is 2.17. The fraction of sp³-hybridized carbons (Fsp3) is 0.400. The standard InChI is InChI=1S/C10H11BrFN/c1-6(12)9-5-7-3-2-4-8(11)10(7)13-9/h2-4,6,9,13H,5H2,1H3. The molecule has 0 spiro atoms. The van der Waals surface area contributed by atoms with E-state index in [4.69, 9.17) is 0 Å². The van der Waals surface area contributed by atoms with E-state index in [1.54, 1.807) is 6.92 Å². The van der Waals surface area contributed by atoms with E-state index in [0.717, 1.165) is 16.6 Å². The fourth-order valence-electron chi connectivity index (χ4n) is 1.65. The van der Waals surface area contributed by atoms with Crippen LogP contribution in [0, 0.1) is 0 Å². The highest BCUT2D eigenvalue weighted by atomic mass is 79.9. The number of nitrogens with one attached hydrogen (secondary N) is 1. The molecule has 1 aromatic carbocycles. The Labute approximate surface area is 85.5 Å². The van der Waals surface area contributed by atoms with E-state index in [9.17, 15) is 4.39 Å². The van der Waals surface area contributed by atoms with Gasteiger partial charge in [-0.25, -0.2) is 4.39 Å². The van der Waals surface area contributed by atoms with Gasteiger partial charge in [-0.3, -0.25) is 0 Å². The molecular weight excluding hydrogens is 233 g/mol. The van der Waals surface area contributed by atoms with Crippen molar-refractivity contribution in [3.63, 3.8) is 0 Å². The molecule has 2 atom stereocenters. The third kappa shape index (κ3) is 1.57. The minimum absolute atomic E-state index is 0.0614. The molecule has 0 aromatic heterocycles. The Morgan fingerprint density at radius 2 is 2.38 bits per heavy atom. The van der Waals surface area contributed by atoms with Crippen LogP contribution >= 0.6 is 15.9 Å². The highest BCUT2D eigenvalue weighted by Crippen LogP contribution is 2.34. The molecule has 70 valence electrons. The SMILES string of the molecule is CC(F)C1Cc2cccc(Br)c2N1.